The molecule has 8 rings (SSSR count). The van der Waals surface area contributed by atoms with E-state index in [9.17, 15) is 35.9 Å². The Morgan fingerprint density at radius 3 is 1.27 bits per heavy atom. The molecule has 0 radical (unpaired) electrons. The highest BCUT2D eigenvalue weighted by Gasteiger charge is 2.77. The minimum atomic E-state index is -3.12. The zero-order valence-corrected chi connectivity index (χ0v) is 26.7. The maximum absolute atomic E-state index is 14.1. The molecule has 0 saturated heterocycles. The lowest BCUT2D eigenvalue weighted by Gasteiger charge is -2.15. The number of nitrogens with one attached hydrogen (secondary N) is 2. The van der Waals surface area contributed by atoms with Gasteiger partial charge in [-0.25, -0.2) is 36.9 Å². The molecule has 264 valence electrons. The number of alkyl halides is 4. The van der Waals surface area contributed by atoms with Crippen molar-refractivity contribution in [3.63, 3.8) is 0 Å². The number of carbonyl (C=O) groups excluding carboxylic acids is 2. The first-order valence-corrected chi connectivity index (χ1v) is 15.7. The third-order valence-electron chi connectivity index (χ3n) is 8.89. The van der Waals surface area contributed by atoms with E-state index in [1.165, 1.54) is 94.8 Å². The number of aromatic nitrogens is 6. The molecule has 2 aliphatic carbocycles. The Morgan fingerprint density at radius 1 is 0.577 bits per heavy atom. The molecule has 16 heteroatoms. The first-order valence-electron chi connectivity index (χ1n) is 15.7. The number of benzene rings is 2. The molecule has 0 bridgehead atoms. The van der Waals surface area contributed by atoms with Gasteiger partial charge in [0.25, 0.3) is 11.8 Å². The molecule has 2 saturated carbocycles. The normalized spacial score (nSPS) is 20.6. The van der Waals surface area contributed by atoms with Crippen molar-refractivity contribution in [1.82, 2.24) is 29.5 Å². The van der Waals surface area contributed by atoms with E-state index in [2.05, 4.69) is 30.8 Å². The fourth-order valence-electron chi connectivity index (χ4n) is 5.99. The number of halogens is 6. The van der Waals surface area contributed by atoms with Crippen LogP contribution >= 0.6 is 0 Å². The monoisotopic (exact) mass is 716 g/mol. The summed E-state index contributed by atoms with van der Waals surface area (Å²) in [5.74, 6) is -9.02. The molecule has 2 aliphatic rings. The van der Waals surface area contributed by atoms with Gasteiger partial charge in [-0.3, -0.25) is 9.59 Å². The minimum absolute atomic E-state index is 0.102. The van der Waals surface area contributed by atoms with E-state index in [0.717, 1.165) is 0 Å². The van der Waals surface area contributed by atoms with Crippen LogP contribution < -0.4 is 10.6 Å². The van der Waals surface area contributed by atoms with Gasteiger partial charge in [-0.15, -0.1) is 0 Å². The number of amides is 2. The van der Waals surface area contributed by atoms with Crippen LogP contribution in [0, 0.1) is 11.9 Å². The third kappa shape index (κ3) is 6.16. The number of pyridine rings is 2. The van der Waals surface area contributed by atoms with E-state index in [0.29, 0.717) is 11.4 Å². The van der Waals surface area contributed by atoms with Crippen molar-refractivity contribution in [2.75, 3.05) is 10.6 Å². The summed E-state index contributed by atoms with van der Waals surface area (Å²) in [4.78, 5) is 32.1. The Balaban J connectivity index is 0.000000162. The van der Waals surface area contributed by atoms with Gasteiger partial charge >= 0.3 is 0 Å². The summed E-state index contributed by atoms with van der Waals surface area (Å²) in [6.45, 7) is 0. The van der Waals surface area contributed by atoms with Crippen LogP contribution in [0.25, 0.3) is 11.4 Å². The second-order valence-electron chi connectivity index (χ2n) is 12.2. The van der Waals surface area contributed by atoms with Crippen LogP contribution in [0.1, 0.15) is 24.0 Å². The van der Waals surface area contributed by atoms with E-state index in [1.807, 2.05) is 0 Å². The van der Waals surface area contributed by atoms with Gasteiger partial charge in [0, 0.05) is 61.9 Å². The SMILES string of the molecule is O=C(Nc1ccn(-c2ccnc(F)c2)n1)[C@@]1(c2ccccc2)CC1(F)F.O=C(Nc1ccn(-c2ccnc(F)c2)n1)[C@]1(c2ccccc2)CC1(F)F. The summed E-state index contributed by atoms with van der Waals surface area (Å²) in [6.07, 6.45) is 4.44. The van der Waals surface area contributed by atoms with Crippen molar-refractivity contribution in [2.24, 2.45) is 0 Å². The summed E-state index contributed by atoms with van der Waals surface area (Å²) in [6, 6.07) is 24.2. The smallest absolute Gasteiger partial charge is 0.268 e. The van der Waals surface area contributed by atoms with Crippen LogP contribution in [0.3, 0.4) is 0 Å². The van der Waals surface area contributed by atoms with Crippen molar-refractivity contribution < 1.29 is 35.9 Å². The summed E-state index contributed by atoms with van der Waals surface area (Å²) < 4.78 is 85.3. The summed E-state index contributed by atoms with van der Waals surface area (Å²) in [5, 5.41) is 13.1. The van der Waals surface area contributed by atoms with Crippen LogP contribution in [-0.4, -0.2) is 53.2 Å². The molecule has 0 aliphatic heterocycles. The maximum atomic E-state index is 14.1. The number of anilines is 2. The van der Waals surface area contributed by atoms with Gasteiger partial charge in [0.05, 0.1) is 11.4 Å². The molecule has 0 spiro atoms. The highest BCUT2D eigenvalue weighted by molar-refractivity contribution is 6.03. The van der Waals surface area contributed by atoms with Crippen LogP contribution in [0.4, 0.5) is 38.0 Å². The molecule has 4 aromatic heterocycles. The minimum Gasteiger partial charge on any atom is -0.308 e. The predicted octanol–water partition coefficient (Wildman–Crippen LogP) is 6.64. The zero-order chi connectivity index (χ0) is 36.7. The summed E-state index contributed by atoms with van der Waals surface area (Å²) >= 11 is 0. The first kappa shape index (κ1) is 34.1. The van der Waals surface area contributed by atoms with Crippen LogP contribution in [0.2, 0.25) is 0 Å². The number of hydrogen-bond donors (Lipinski definition) is 2. The lowest BCUT2D eigenvalue weighted by atomic mass is 9.94. The van der Waals surface area contributed by atoms with Gasteiger partial charge in [-0.2, -0.15) is 19.0 Å². The number of rotatable bonds is 8. The predicted molar refractivity (Wildman–Crippen MR) is 175 cm³/mol. The number of hydrogen-bond acceptors (Lipinski definition) is 6. The van der Waals surface area contributed by atoms with Crippen molar-refractivity contribution in [3.8, 4) is 11.4 Å². The maximum Gasteiger partial charge on any atom is 0.268 e. The Bertz CT molecular complexity index is 2110. The largest absolute Gasteiger partial charge is 0.308 e. The molecular weight excluding hydrogens is 690 g/mol. The molecule has 2 atom stereocenters. The van der Waals surface area contributed by atoms with E-state index in [-0.39, 0.29) is 22.8 Å². The van der Waals surface area contributed by atoms with Crippen LogP contribution in [0.15, 0.2) is 122 Å². The van der Waals surface area contributed by atoms with Crippen molar-refractivity contribution in [1.29, 1.82) is 0 Å². The Hall–Kier alpha value is -6.32. The molecule has 10 nitrogen and oxygen atoms in total. The number of nitrogens with zero attached hydrogens (tertiary/aromatic N) is 6. The molecule has 2 N–H and O–H groups in total. The van der Waals surface area contributed by atoms with Crippen LogP contribution in [-0.2, 0) is 20.4 Å². The van der Waals surface area contributed by atoms with Crippen molar-refractivity contribution in [2.45, 2.75) is 35.5 Å². The zero-order valence-electron chi connectivity index (χ0n) is 26.7. The molecule has 0 unspecified atom stereocenters. The summed E-state index contributed by atoms with van der Waals surface area (Å²) in [7, 11) is 0. The topological polar surface area (TPSA) is 120 Å². The molecule has 4 heterocycles. The van der Waals surface area contributed by atoms with Gasteiger partial charge in [-0.1, -0.05) is 60.7 Å². The average Bonchev–Trinajstić information content (AvgIpc) is 3.62. The second-order valence-corrected chi connectivity index (χ2v) is 12.2. The Labute approximate surface area is 291 Å². The van der Waals surface area contributed by atoms with Crippen LogP contribution in [0.5, 0.6) is 0 Å². The van der Waals surface area contributed by atoms with Gasteiger partial charge < -0.3 is 10.6 Å². The quantitative estimate of drug-likeness (QED) is 0.135. The van der Waals surface area contributed by atoms with E-state index >= 15 is 0 Å². The molecule has 2 aromatic carbocycles. The average molecular weight is 717 g/mol. The first-order chi connectivity index (χ1) is 24.8. The Kier molecular flexibility index (Phi) is 8.39. The van der Waals surface area contributed by atoms with Gasteiger partial charge in [0.1, 0.15) is 10.8 Å². The van der Waals surface area contributed by atoms with Gasteiger partial charge in [0.15, 0.2) is 11.6 Å². The fraction of sp³-hybridized carbons (Fsp3) is 0.167. The standard InChI is InChI=1S/2C18H13F3N4O/c2*19-14-10-13(6-8-22-14)25-9-7-15(24-25)23-16(26)17(11-18(17,20)21)12-4-2-1-3-5-12/h2*1-10H,11H2,(H,23,24,26)/t2*17-/m10/s1. The highest BCUT2D eigenvalue weighted by Crippen LogP contribution is 2.63. The van der Waals surface area contributed by atoms with Gasteiger partial charge in [0.2, 0.25) is 23.7 Å². The van der Waals surface area contributed by atoms with Gasteiger partial charge in [-0.05, 0) is 23.3 Å². The second kappa shape index (κ2) is 12.8. The van der Waals surface area contributed by atoms with E-state index < -0.39 is 59.2 Å². The third-order valence-corrected chi connectivity index (χ3v) is 8.89. The fourth-order valence-corrected chi connectivity index (χ4v) is 5.99. The summed E-state index contributed by atoms with van der Waals surface area (Å²) in [5.41, 5.74) is -2.46. The van der Waals surface area contributed by atoms with Crippen molar-refractivity contribution in [3.05, 3.63) is 145 Å². The Morgan fingerprint density at radius 2 is 0.942 bits per heavy atom. The van der Waals surface area contributed by atoms with E-state index in [4.69, 9.17) is 0 Å². The lowest BCUT2D eigenvalue weighted by Crippen LogP contribution is -2.33. The molecular formula is C36H26F6N8O2. The number of carbonyl (C=O) groups is 2. The lowest BCUT2D eigenvalue weighted by molar-refractivity contribution is -0.122. The molecule has 2 amide bonds. The highest BCUT2D eigenvalue weighted by atomic mass is 19.3. The molecule has 6 aromatic rings. The van der Waals surface area contributed by atoms with E-state index in [1.54, 1.807) is 36.4 Å². The molecule has 2 fully saturated rings. The molecule has 52 heavy (non-hydrogen) atoms. The van der Waals surface area contributed by atoms with Crippen molar-refractivity contribution >= 4 is 23.5 Å².